The molecule has 0 saturated carbocycles. The molecule has 0 amide bonds. The first-order valence-electron chi connectivity index (χ1n) is 5.45. The topological polar surface area (TPSA) is 17.1 Å². The third-order valence-corrected chi connectivity index (χ3v) is 4.18. The highest BCUT2D eigenvalue weighted by atomic mass is 16.1. The molecule has 1 unspecified atom stereocenters. The third kappa shape index (κ3) is 1.43. The van der Waals surface area contributed by atoms with Gasteiger partial charge in [0.25, 0.3) is 0 Å². The Balaban J connectivity index is 3.17. The van der Waals surface area contributed by atoms with Crippen LogP contribution in [0.15, 0.2) is 11.6 Å². The van der Waals surface area contributed by atoms with Crippen molar-refractivity contribution in [2.45, 2.75) is 48.0 Å². The fourth-order valence-corrected chi connectivity index (χ4v) is 2.10. The van der Waals surface area contributed by atoms with Crippen LogP contribution in [0.5, 0.6) is 0 Å². The average Bonchev–Trinajstić information content (AvgIpc) is 2.09. The largest absolute Gasteiger partial charge is 0.298 e. The average molecular weight is 194 g/mol. The van der Waals surface area contributed by atoms with Gasteiger partial charge >= 0.3 is 0 Å². The number of hydrogen-bond donors (Lipinski definition) is 0. The lowest BCUT2D eigenvalue weighted by Crippen LogP contribution is -2.45. The van der Waals surface area contributed by atoms with E-state index >= 15 is 0 Å². The van der Waals surface area contributed by atoms with E-state index in [1.807, 2.05) is 13.8 Å². The zero-order chi connectivity index (χ0) is 11.1. The quantitative estimate of drug-likeness (QED) is 0.583. The number of carbonyl (C=O) groups excluding carboxylic acids is 1. The number of carbonyl (C=O) groups is 1. The molecule has 1 aliphatic carbocycles. The summed E-state index contributed by atoms with van der Waals surface area (Å²) in [5, 5.41) is 0. The molecule has 1 heteroatoms. The minimum Gasteiger partial charge on any atom is -0.298 e. The Bertz CT molecular complexity index is 284. The molecule has 0 aromatic carbocycles. The molecular weight excluding hydrogens is 172 g/mol. The van der Waals surface area contributed by atoms with Gasteiger partial charge in [0.1, 0.15) is 5.78 Å². The van der Waals surface area contributed by atoms with Crippen LogP contribution in [0.2, 0.25) is 0 Å². The Morgan fingerprint density at radius 2 is 1.79 bits per heavy atom. The Morgan fingerprint density at radius 3 is 2.21 bits per heavy atom. The molecule has 1 rings (SSSR count). The molecule has 80 valence electrons. The number of rotatable bonds is 1. The molecule has 0 aromatic heterocycles. The van der Waals surface area contributed by atoms with E-state index in [4.69, 9.17) is 0 Å². The van der Waals surface area contributed by atoms with Crippen molar-refractivity contribution in [3.05, 3.63) is 11.6 Å². The molecule has 1 aliphatic rings. The molecule has 0 fully saturated rings. The maximum absolute atomic E-state index is 12.4. The first-order chi connectivity index (χ1) is 6.23. The summed E-state index contributed by atoms with van der Waals surface area (Å²) in [7, 11) is 0. The first kappa shape index (κ1) is 11.5. The van der Waals surface area contributed by atoms with Gasteiger partial charge in [-0.3, -0.25) is 4.79 Å². The van der Waals surface area contributed by atoms with Crippen molar-refractivity contribution in [1.29, 1.82) is 0 Å². The molecular formula is C13H22O. The normalized spacial score (nSPS) is 31.9. The number of allylic oxidation sites excluding steroid dienone is 2. The van der Waals surface area contributed by atoms with Crippen molar-refractivity contribution in [3.63, 3.8) is 0 Å². The first-order valence-corrected chi connectivity index (χ1v) is 5.45. The minimum atomic E-state index is -0.267. The predicted octanol–water partition coefficient (Wildman–Crippen LogP) is 3.59. The highest BCUT2D eigenvalue weighted by molar-refractivity contribution is 5.93. The van der Waals surface area contributed by atoms with Crippen molar-refractivity contribution < 1.29 is 4.79 Å². The maximum Gasteiger partial charge on any atom is 0.148 e. The summed E-state index contributed by atoms with van der Waals surface area (Å²) < 4.78 is 0. The van der Waals surface area contributed by atoms with E-state index in [1.165, 1.54) is 5.57 Å². The monoisotopic (exact) mass is 194 g/mol. The minimum absolute atomic E-state index is 0.164. The van der Waals surface area contributed by atoms with Crippen LogP contribution in [0.1, 0.15) is 48.0 Å². The second kappa shape index (κ2) is 3.22. The second-order valence-corrected chi connectivity index (χ2v) is 5.62. The van der Waals surface area contributed by atoms with E-state index in [1.54, 1.807) is 0 Å². The zero-order valence-corrected chi connectivity index (χ0v) is 10.3. The number of ketones is 1. The van der Waals surface area contributed by atoms with Crippen LogP contribution in [-0.4, -0.2) is 5.78 Å². The van der Waals surface area contributed by atoms with Crippen LogP contribution in [0.3, 0.4) is 0 Å². The Morgan fingerprint density at radius 1 is 1.29 bits per heavy atom. The molecule has 0 spiro atoms. The lowest BCUT2D eigenvalue weighted by Gasteiger charge is -2.42. The van der Waals surface area contributed by atoms with Gasteiger partial charge in [0.15, 0.2) is 0 Å². The van der Waals surface area contributed by atoms with Crippen LogP contribution in [0, 0.1) is 16.7 Å². The van der Waals surface area contributed by atoms with Gasteiger partial charge in [-0.15, -0.1) is 0 Å². The van der Waals surface area contributed by atoms with Crippen LogP contribution in [0.25, 0.3) is 0 Å². The van der Waals surface area contributed by atoms with Crippen LogP contribution in [0.4, 0.5) is 0 Å². The van der Waals surface area contributed by atoms with Crippen molar-refractivity contribution in [2.75, 3.05) is 0 Å². The summed E-state index contributed by atoms with van der Waals surface area (Å²) >= 11 is 0. The fraction of sp³-hybridized carbons (Fsp3) is 0.769. The van der Waals surface area contributed by atoms with Gasteiger partial charge in [0.2, 0.25) is 0 Å². The fourth-order valence-electron chi connectivity index (χ4n) is 2.10. The SMILES string of the molecule is CC1=CCC(C)(C(C)C)C(=O)C1(C)C. The molecule has 0 bridgehead atoms. The summed E-state index contributed by atoms with van der Waals surface area (Å²) in [5.41, 5.74) is 0.793. The van der Waals surface area contributed by atoms with Gasteiger partial charge in [0.05, 0.1) is 0 Å². The molecule has 14 heavy (non-hydrogen) atoms. The van der Waals surface area contributed by atoms with Crippen LogP contribution >= 0.6 is 0 Å². The van der Waals surface area contributed by atoms with E-state index < -0.39 is 0 Å². The molecule has 0 aliphatic heterocycles. The van der Waals surface area contributed by atoms with E-state index in [0.29, 0.717) is 11.7 Å². The standard InChI is InChI=1S/C13H22O/c1-9(2)13(6)8-7-10(3)12(4,5)11(13)14/h7,9H,8H2,1-6H3. The molecule has 1 atom stereocenters. The Labute approximate surface area is 87.6 Å². The van der Waals surface area contributed by atoms with E-state index in [9.17, 15) is 4.79 Å². The smallest absolute Gasteiger partial charge is 0.148 e. The van der Waals surface area contributed by atoms with Crippen LogP contribution < -0.4 is 0 Å². The van der Waals surface area contributed by atoms with Gasteiger partial charge in [-0.25, -0.2) is 0 Å². The Hall–Kier alpha value is -0.590. The van der Waals surface area contributed by atoms with Crippen LogP contribution in [-0.2, 0) is 4.79 Å². The summed E-state index contributed by atoms with van der Waals surface area (Å²) in [6, 6.07) is 0. The summed E-state index contributed by atoms with van der Waals surface area (Å²) in [5.74, 6) is 0.818. The van der Waals surface area contributed by atoms with Gasteiger partial charge in [-0.1, -0.05) is 32.4 Å². The van der Waals surface area contributed by atoms with Gasteiger partial charge in [-0.05, 0) is 33.1 Å². The molecule has 0 heterocycles. The summed E-state index contributed by atoms with van der Waals surface area (Å²) in [4.78, 5) is 12.4. The Kier molecular flexibility index (Phi) is 2.64. The molecule has 0 N–H and O–H groups in total. The number of Topliss-reactive ketones (excluding diaryl/α,β-unsaturated/α-hetero) is 1. The van der Waals surface area contributed by atoms with E-state index in [0.717, 1.165) is 6.42 Å². The molecule has 0 aromatic rings. The lowest BCUT2D eigenvalue weighted by molar-refractivity contribution is -0.138. The third-order valence-electron chi connectivity index (χ3n) is 4.18. The van der Waals surface area contributed by atoms with Gasteiger partial charge in [0, 0.05) is 10.8 Å². The lowest BCUT2D eigenvalue weighted by atomic mass is 9.59. The number of hydrogen-bond acceptors (Lipinski definition) is 1. The van der Waals surface area contributed by atoms with Crippen molar-refractivity contribution >= 4 is 5.78 Å². The highest BCUT2D eigenvalue weighted by Crippen LogP contribution is 2.46. The maximum atomic E-state index is 12.4. The van der Waals surface area contributed by atoms with Crippen molar-refractivity contribution in [3.8, 4) is 0 Å². The van der Waals surface area contributed by atoms with Crippen molar-refractivity contribution in [1.82, 2.24) is 0 Å². The predicted molar refractivity (Wildman–Crippen MR) is 60.1 cm³/mol. The molecule has 0 saturated heterocycles. The molecule has 1 nitrogen and oxygen atoms in total. The van der Waals surface area contributed by atoms with E-state index in [-0.39, 0.29) is 10.8 Å². The summed E-state index contributed by atoms with van der Waals surface area (Å²) in [6.45, 7) is 12.5. The van der Waals surface area contributed by atoms with Crippen molar-refractivity contribution in [2.24, 2.45) is 16.7 Å². The van der Waals surface area contributed by atoms with E-state index in [2.05, 4.69) is 33.8 Å². The molecule has 0 radical (unpaired) electrons. The summed E-state index contributed by atoms with van der Waals surface area (Å²) in [6.07, 6.45) is 3.14. The zero-order valence-electron chi connectivity index (χ0n) is 10.3. The second-order valence-electron chi connectivity index (χ2n) is 5.62. The highest BCUT2D eigenvalue weighted by Gasteiger charge is 2.46. The van der Waals surface area contributed by atoms with Gasteiger partial charge in [-0.2, -0.15) is 0 Å². The van der Waals surface area contributed by atoms with Gasteiger partial charge < -0.3 is 0 Å².